The van der Waals surface area contributed by atoms with Crippen LogP contribution in [0.1, 0.15) is 66.0 Å². The van der Waals surface area contributed by atoms with Gasteiger partial charge in [-0.3, -0.25) is 9.59 Å². The van der Waals surface area contributed by atoms with Gasteiger partial charge in [0.05, 0.1) is 30.9 Å². The van der Waals surface area contributed by atoms with Crippen LogP contribution in [-0.2, 0) is 29.7 Å². The molecule has 2 aliphatic rings. The molecule has 0 unspecified atom stereocenters. The van der Waals surface area contributed by atoms with Crippen LogP contribution >= 0.6 is 0 Å². The van der Waals surface area contributed by atoms with E-state index < -0.39 is 77.0 Å². The number of fused-ring (bicyclic) bond motifs is 1. The fourth-order valence-corrected chi connectivity index (χ4v) is 6.11. The number of alkyl halides is 5. The summed E-state index contributed by atoms with van der Waals surface area (Å²) in [4.78, 5) is 58.8. The Morgan fingerprint density at radius 3 is 2.44 bits per heavy atom. The molecule has 2 N–H and O–H groups in total. The van der Waals surface area contributed by atoms with Crippen LogP contribution in [0.2, 0.25) is 0 Å². The van der Waals surface area contributed by atoms with Gasteiger partial charge in [0.1, 0.15) is 23.9 Å². The van der Waals surface area contributed by atoms with Gasteiger partial charge in [-0.1, -0.05) is 40.7 Å². The van der Waals surface area contributed by atoms with Crippen LogP contribution in [0.15, 0.2) is 35.1 Å². The lowest BCUT2D eigenvalue weighted by Crippen LogP contribution is -2.57. The number of H-pyrrole nitrogens is 1. The first-order chi connectivity index (χ1) is 23.1. The Hall–Kier alpha value is -4.28. The van der Waals surface area contributed by atoms with Crippen molar-refractivity contribution in [1.82, 2.24) is 20.2 Å². The number of nitrogens with one attached hydrogen (secondary N) is 2. The number of likely N-dealkylation sites (tertiary alicyclic amines) is 1. The molecule has 1 saturated carbocycles. The van der Waals surface area contributed by atoms with Crippen molar-refractivity contribution in [3.05, 3.63) is 46.4 Å². The first-order valence-electron chi connectivity index (χ1n) is 15.9. The maximum absolute atomic E-state index is 15.0. The number of halogens is 5. The van der Waals surface area contributed by atoms with Crippen LogP contribution in [0, 0.1) is 10.8 Å². The van der Waals surface area contributed by atoms with Crippen molar-refractivity contribution >= 4 is 29.0 Å². The summed E-state index contributed by atoms with van der Waals surface area (Å²) in [5, 5.41) is 2.65. The van der Waals surface area contributed by atoms with E-state index in [9.17, 15) is 32.3 Å². The second-order valence-electron chi connectivity index (χ2n) is 14.2. The molecule has 0 bridgehead atoms. The van der Waals surface area contributed by atoms with Crippen LogP contribution in [0.3, 0.4) is 0 Å². The number of carbonyl (C=O) groups excluding carboxylic acids is 3. The Labute approximate surface area is 284 Å². The predicted octanol–water partition coefficient (Wildman–Crippen LogP) is 5.35. The first-order valence-corrected chi connectivity index (χ1v) is 15.9. The Bertz CT molecular complexity index is 1670. The minimum absolute atomic E-state index is 0.0729. The van der Waals surface area contributed by atoms with Gasteiger partial charge in [-0.2, -0.15) is 8.78 Å². The third kappa shape index (κ3) is 9.48. The highest BCUT2D eigenvalue weighted by atomic mass is 19.4. The van der Waals surface area contributed by atoms with E-state index >= 15 is 8.78 Å². The van der Waals surface area contributed by atoms with Crippen molar-refractivity contribution < 1.29 is 55.3 Å². The molecule has 1 saturated heterocycles. The average molecular weight is 717 g/mol. The molecule has 0 radical (unpaired) electrons. The van der Waals surface area contributed by atoms with Crippen LogP contribution in [0.4, 0.5) is 26.7 Å². The van der Waals surface area contributed by atoms with Crippen molar-refractivity contribution in [3.8, 4) is 5.75 Å². The number of ether oxygens (including phenoxy) is 4. The molecular weight excluding hydrogens is 675 g/mol. The summed E-state index contributed by atoms with van der Waals surface area (Å²) in [6.45, 7) is 9.05. The Morgan fingerprint density at radius 2 is 1.80 bits per heavy atom. The summed E-state index contributed by atoms with van der Waals surface area (Å²) in [6.07, 6.45) is -4.15. The van der Waals surface area contributed by atoms with E-state index in [1.807, 2.05) is 13.8 Å². The lowest BCUT2D eigenvalue weighted by atomic mass is 9.85. The standard InChI is InChI=1S/C33H41F5N4O8/c1-30(2,3)25(27(44)42-17-31(4,5)16-21(42)28(45)47-6)41-29(46)49-23-10-7-9-22(23)48-14-8-13-32(34,35)24-26(43)40-19-12-11-18(15-20(19)39-24)50-33(36,37)38/h8,11-13,15,21-23,25H,7,9-10,14,16-17H2,1-6H3,(H,40,43)(H,41,46)/b13-8+/t21-,22+,23+,25+/m0/s1. The zero-order valence-electron chi connectivity index (χ0n) is 28.5. The Morgan fingerprint density at radius 1 is 1.12 bits per heavy atom. The molecule has 1 aliphatic carbocycles. The number of benzene rings is 1. The largest absolute Gasteiger partial charge is 0.573 e. The monoisotopic (exact) mass is 716 g/mol. The van der Waals surface area contributed by atoms with Crippen LogP contribution in [-0.4, -0.2) is 83.8 Å². The quantitative estimate of drug-likeness (QED) is 0.189. The smallest absolute Gasteiger partial charge is 0.467 e. The summed E-state index contributed by atoms with van der Waals surface area (Å²) in [6, 6.07) is 0.864. The van der Waals surface area contributed by atoms with E-state index in [0.717, 1.165) is 24.3 Å². The average Bonchev–Trinajstić information content (AvgIpc) is 3.58. The van der Waals surface area contributed by atoms with Gasteiger partial charge in [-0.15, -0.1) is 13.2 Å². The maximum atomic E-state index is 15.0. The number of nitrogens with zero attached hydrogens (tertiary/aromatic N) is 2. The molecule has 1 aliphatic heterocycles. The predicted molar refractivity (Wildman–Crippen MR) is 168 cm³/mol. The van der Waals surface area contributed by atoms with E-state index in [0.29, 0.717) is 31.8 Å². The Balaban J connectivity index is 1.38. The summed E-state index contributed by atoms with van der Waals surface area (Å²) in [7, 11) is 1.25. The van der Waals surface area contributed by atoms with Crippen molar-refractivity contribution in [2.45, 2.75) is 96.9 Å². The SMILES string of the molecule is COC(=O)[C@@H]1CC(C)(C)CN1C(=O)[C@@H](NC(=O)O[C@@H]1CCC[C@H]1OC/C=C/C(F)(F)c1nc2cc(OC(F)(F)F)ccc2[nH]c1=O)C(C)(C)C. The van der Waals surface area contributed by atoms with E-state index in [4.69, 9.17) is 14.2 Å². The number of hydrogen-bond acceptors (Lipinski definition) is 9. The van der Waals surface area contributed by atoms with Gasteiger partial charge in [-0.05, 0) is 54.7 Å². The fraction of sp³-hybridized carbons (Fsp3) is 0.606. The van der Waals surface area contributed by atoms with E-state index in [-0.39, 0.29) is 29.6 Å². The Kier molecular flexibility index (Phi) is 11.2. The summed E-state index contributed by atoms with van der Waals surface area (Å²) in [5.41, 5.74) is -4.04. The minimum atomic E-state index is -5.02. The molecule has 2 heterocycles. The van der Waals surface area contributed by atoms with Gasteiger partial charge >= 0.3 is 24.3 Å². The number of methoxy groups -OCH3 is 1. The van der Waals surface area contributed by atoms with Crippen molar-refractivity contribution in [2.75, 3.05) is 20.3 Å². The number of aromatic nitrogens is 2. The number of hydrogen-bond donors (Lipinski definition) is 2. The van der Waals surface area contributed by atoms with Crippen LogP contribution in [0.25, 0.3) is 11.0 Å². The maximum Gasteiger partial charge on any atom is 0.573 e. The second kappa shape index (κ2) is 14.5. The molecule has 12 nitrogen and oxygen atoms in total. The highest BCUT2D eigenvalue weighted by Crippen LogP contribution is 2.37. The number of rotatable bonds is 10. The lowest BCUT2D eigenvalue weighted by Gasteiger charge is -2.35. The van der Waals surface area contributed by atoms with E-state index in [2.05, 4.69) is 20.0 Å². The summed E-state index contributed by atoms with van der Waals surface area (Å²) in [5.74, 6) is -5.64. The molecule has 4 atom stereocenters. The summed E-state index contributed by atoms with van der Waals surface area (Å²) < 4.78 is 87.8. The molecular formula is C33H41F5N4O8. The molecule has 276 valence electrons. The van der Waals surface area contributed by atoms with Gasteiger partial charge < -0.3 is 34.1 Å². The second-order valence-corrected chi connectivity index (χ2v) is 14.2. The fourth-order valence-electron chi connectivity index (χ4n) is 6.11. The highest BCUT2D eigenvalue weighted by molar-refractivity contribution is 5.91. The van der Waals surface area contributed by atoms with Crippen LogP contribution in [0.5, 0.6) is 5.75 Å². The number of allylic oxidation sites excluding steroid dienone is 1. The van der Waals surface area contributed by atoms with Gasteiger partial charge in [0.25, 0.3) is 5.56 Å². The van der Waals surface area contributed by atoms with Gasteiger partial charge in [-0.25, -0.2) is 14.6 Å². The van der Waals surface area contributed by atoms with E-state index in [1.165, 1.54) is 12.0 Å². The number of aromatic amines is 1. The highest BCUT2D eigenvalue weighted by Gasteiger charge is 2.48. The van der Waals surface area contributed by atoms with Crippen molar-refractivity contribution in [3.63, 3.8) is 0 Å². The molecule has 1 aromatic heterocycles. The third-order valence-corrected chi connectivity index (χ3v) is 8.45. The van der Waals surface area contributed by atoms with Crippen molar-refractivity contribution in [1.29, 1.82) is 0 Å². The van der Waals surface area contributed by atoms with Crippen molar-refractivity contribution in [2.24, 2.45) is 10.8 Å². The number of amides is 2. The zero-order chi connectivity index (χ0) is 37.2. The number of alkyl carbamates (subject to hydrolysis) is 1. The summed E-state index contributed by atoms with van der Waals surface area (Å²) >= 11 is 0. The van der Waals surface area contributed by atoms with E-state index in [1.54, 1.807) is 20.8 Å². The molecule has 1 aromatic carbocycles. The molecule has 0 spiro atoms. The molecule has 2 fully saturated rings. The number of carbonyl (C=O) groups is 3. The molecule has 2 amide bonds. The minimum Gasteiger partial charge on any atom is -0.467 e. The van der Waals surface area contributed by atoms with Crippen LogP contribution < -0.4 is 15.6 Å². The number of esters is 1. The normalized spacial score (nSPS) is 21.7. The first kappa shape index (κ1) is 38.5. The zero-order valence-corrected chi connectivity index (χ0v) is 28.5. The molecule has 4 rings (SSSR count). The van der Waals surface area contributed by atoms with Gasteiger partial charge in [0.2, 0.25) is 5.91 Å². The molecule has 2 aromatic rings. The van der Waals surface area contributed by atoms with Gasteiger partial charge in [0.15, 0.2) is 5.69 Å². The molecule has 50 heavy (non-hydrogen) atoms. The van der Waals surface area contributed by atoms with Gasteiger partial charge in [0, 0.05) is 12.6 Å². The lowest BCUT2D eigenvalue weighted by molar-refractivity contribution is -0.274. The topological polar surface area (TPSA) is 149 Å². The third-order valence-electron chi connectivity index (χ3n) is 8.45. The molecule has 17 heteroatoms.